The fraction of sp³-hybridized carbons (Fsp3) is 0.471. The number of hydrogen-bond acceptors (Lipinski definition) is 2. The van der Waals surface area contributed by atoms with Crippen LogP contribution in [-0.4, -0.2) is 30.3 Å². The first kappa shape index (κ1) is 14.0. The number of hydrogen-bond donors (Lipinski definition) is 0. The van der Waals surface area contributed by atoms with Crippen molar-refractivity contribution in [1.82, 2.24) is 4.90 Å². The molecule has 1 aromatic carbocycles. The summed E-state index contributed by atoms with van der Waals surface area (Å²) in [5, 5.41) is 0. The van der Waals surface area contributed by atoms with Crippen LogP contribution in [0.15, 0.2) is 42.0 Å². The lowest BCUT2D eigenvalue weighted by atomic mass is 9.99. The van der Waals surface area contributed by atoms with Crippen LogP contribution in [0.4, 0.5) is 0 Å². The zero-order valence-corrected chi connectivity index (χ0v) is 11.8. The number of rotatable bonds is 6. The molecule has 0 radical (unpaired) electrons. The van der Waals surface area contributed by atoms with Gasteiger partial charge < -0.3 is 0 Å². The highest BCUT2D eigenvalue weighted by atomic mass is 16.1. The molecule has 0 N–H and O–H groups in total. The SMILES string of the molecule is CCCN1CCC=C(C(=O)CCc2ccccc2)C1. The van der Waals surface area contributed by atoms with Crippen molar-refractivity contribution in [3.05, 3.63) is 47.5 Å². The molecular weight excluding hydrogens is 234 g/mol. The summed E-state index contributed by atoms with van der Waals surface area (Å²) in [7, 11) is 0. The maximum atomic E-state index is 12.2. The van der Waals surface area contributed by atoms with E-state index in [0.29, 0.717) is 12.2 Å². The van der Waals surface area contributed by atoms with Gasteiger partial charge in [-0.3, -0.25) is 9.69 Å². The van der Waals surface area contributed by atoms with Crippen LogP contribution in [-0.2, 0) is 11.2 Å². The molecule has 0 fully saturated rings. The molecule has 2 rings (SSSR count). The molecule has 1 aromatic rings. The molecule has 102 valence electrons. The summed E-state index contributed by atoms with van der Waals surface area (Å²) in [4.78, 5) is 14.6. The Morgan fingerprint density at radius 2 is 2.05 bits per heavy atom. The van der Waals surface area contributed by atoms with Gasteiger partial charge in [-0.2, -0.15) is 0 Å². The lowest BCUT2D eigenvalue weighted by molar-refractivity contribution is -0.115. The second kappa shape index (κ2) is 7.25. The Hall–Kier alpha value is -1.41. The molecule has 1 aliphatic heterocycles. The molecule has 1 aliphatic rings. The third kappa shape index (κ3) is 4.32. The Balaban J connectivity index is 1.84. The number of carbonyl (C=O) groups excluding carboxylic acids is 1. The molecule has 0 aromatic heterocycles. The van der Waals surface area contributed by atoms with E-state index in [2.05, 4.69) is 30.0 Å². The molecule has 2 heteroatoms. The Bertz CT molecular complexity index is 436. The van der Waals surface area contributed by atoms with E-state index in [1.165, 1.54) is 5.56 Å². The van der Waals surface area contributed by atoms with Crippen molar-refractivity contribution in [2.24, 2.45) is 0 Å². The highest BCUT2D eigenvalue weighted by Crippen LogP contribution is 2.14. The molecule has 0 saturated heterocycles. The van der Waals surface area contributed by atoms with E-state index in [4.69, 9.17) is 0 Å². The molecule has 0 atom stereocenters. The summed E-state index contributed by atoms with van der Waals surface area (Å²) in [6.07, 6.45) is 5.80. The maximum absolute atomic E-state index is 12.2. The first-order chi connectivity index (χ1) is 9.29. The first-order valence-electron chi connectivity index (χ1n) is 7.28. The normalized spacial score (nSPS) is 16.2. The van der Waals surface area contributed by atoms with Crippen LogP contribution >= 0.6 is 0 Å². The van der Waals surface area contributed by atoms with Gasteiger partial charge >= 0.3 is 0 Å². The number of aryl methyl sites for hydroxylation is 1. The van der Waals surface area contributed by atoms with Gasteiger partial charge in [0.05, 0.1) is 0 Å². The second-order valence-electron chi connectivity index (χ2n) is 5.20. The Morgan fingerprint density at radius 1 is 1.26 bits per heavy atom. The van der Waals surface area contributed by atoms with E-state index >= 15 is 0 Å². The van der Waals surface area contributed by atoms with Crippen LogP contribution in [0.5, 0.6) is 0 Å². The zero-order valence-electron chi connectivity index (χ0n) is 11.8. The Labute approximate surface area is 116 Å². The summed E-state index contributed by atoms with van der Waals surface area (Å²) >= 11 is 0. The predicted molar refractivity (Wildman–Crippen MR) is 79.2 cm³/mol. The number of Topliss-reactive ketones (excluding diaryl/α,β-unsaturated/α-hetero) is 1. The zero-order chi connectivity index (χ0) is 13.5. The molecular formula is C17H23NO. The smallest absolute Gasteiger partial charge is 0.160 e. The minimum Gasteiger partial charge on any atom is -0.299 e. The van der Waals surface area contributed by atoms with Crippen molar-refractivity contribution >= 4 is 5.78 Å². The van der Waals surface area contributed by atoms with Crippen molar-refractivity contribution in [1.29, 1.82) is 0 Å². The quantitative estimate of drug-likeness (QED) is 0.780. The highest BCUT2D eigenvalue weighted by Gasteiger charge is 2.17. The van der Waals surface area contributed by atoms with Gasteiger partial charge in [0, 0.05) is 25.1 Å². The van der Waals surface area contributed by atoms with Gasteiger partial charge in [-0.05, 0) is 31.4 Å². The lowest BCUT2D eigenvalue weighted by Crippen LogP contribution is -2.32. The fourth-order valence-corrected chi connectivity index (χ4v) is 2.58. The first-order valence-corrected chi connectivity index (χ1v) is 7.28. The van der Waals surface area contributed by atoms with E-state index in [1.807, 2.05) is 18.2 Å². The molecule has 0 bridgehead atoms. The van der Waals surface area contributed by atoms with E-state index in [1.54, 1.807) is 0 Å². The van der Waals surface area contributed by atoms with Crippen molar-refractivity contribution in [3.8, 4) is 0 Å². The van der Waals surface area contributed by atoms with Crippen molar-refractivity contribution in [3.63, 3.8) is 0 Å². The number of benzene rings is 1. The van der Waals surface area contributed by atoms with Gasteiger partial charge in [-0.1, -0.05) is 43.3 Å². The van der Waals surface area contributed by atoms with Gasteiger partial charge in [0.1, 0.15) is 0 Å². The van der Waals surface area contributed by atoms with Crippen LogP contribution in [0.25, 0.3) is 0 Å². The van der Waals surface area contributed by atoms with Crippen molar-refractivity contribution in [2.75, 3.05) is 19.6 Å². The summed E-state index contributed by atoms with van der Waals surface area (Å²) in [5.74, 6) is 0.324. The summed E-state index contributed by atoms with van der Waals surface area (Å²) in [6.45, 7) is 5.24. The Morgan fingerprint density at radius 3 is 2.79 bits per heavy atom. The van der Waals surface area contributed by atoms with Crippen LogP contribution in [0.2, 0.25) is 0 Å². The topological polar surface area (TPSA) is 20.3 Å². The number of carbonyl (C=O) groups is 1. The van der Waals surface area contributed by atoms with Crippen LogP contribution in [0.3, 0.4) is 0 Å². The molecule has 19 heavy (non-hydrogen) atoms. The van der Waals surface area contributed by atoms with Crippen molar-refractivity contribution in [2.45, 2.75) is 32.6 Å². The lowest BCUT2D eigenvalue weighted by Gasteiger charge is -2.26. The van der Waals surface area contributed by atoms with Crippen molar-refractivity contribution < 1.29 is 4.79 Å². The van der Waals surface area contributed by atoms with Gasteiger partial charge in [-0.25, -0.2) is 0 Å². The number of ketones is 1. The largest absolute Gasteiger partial charge is 0.299 e. The van der Waals surface area contributed by atoms with Crippen LogP contribution in [0.1, 0.15) is 31.7 Å². The molecule has 1 heterocycles. The van der Waals surface area contributed by atoms with Crippen LogP contribution < -0.4 is 0 Å². The highest BCUT2D eigenvalue weighted by molar-refractivity contribution is 5.96. The number of nitrogens with zero attached hydrogens (tertiary/aromatic N) is 1. The van der Waals surface area contributed by atoms with Gasteiger partial charge in [0.2, 0.25) is 0 Å². The minimum absolute atomic E-state index is 0.324. The van der Waals surface area contributed by atoms with E-state index in [-0.39, 0.29) is 0 Å². The second-order valence-corrected chi connectivity index (χ2v) is 5.20. The monoisotopic (exact) mass is 257 g/mol. The van der Waals surface area contributed by atoms with E-state index in [0.717, 1.165) is 44.5 Å². The fourth-order valence-electron chi connectivity index (χ4n) is 2.58. The maximum Gasteiger partial charge on any atom is 0.160 e. The molecule has 0 amide bonds. The standard InChI is InChI=1S/C17H23NO/c1-2-12-18-13-6-9-16(14-18)17(19)11-10-15-7-4-3-5-8-15/h3-5,7-9H,2,6,10-14H2,1H3. The molecule has 0 unspecified atom stereocenters. The van der Waals surface area contributed by atoms with E-state index < -0.39 is 0 Å². The average Bonchev–Trinajstić information content (AvgIpc) is 2.46. The summed E-state index contributed by atoms with van der Waals surface area (Å²) < 4.78 is 0. The third-order valence-corrected chi connectivity index (χ3v) is 3.61. The molecule has 0 saturated carbocycles. The van der Waals surface area contributed by atoms with Gasteiger partial charge in [0.25, 0.3) is 0 Å². The predicted octanol–water partition coefficient (Wildman–Crippen LogP) is 3.23. The van der Waals surface area contributed by atoms with Gasteiger partial charge in [0.15, 0.2) is 5.78 Å². The van der Waals surface area contributed by atoms with E-state index in [9.17, 15) is 4.79 Å². The average molecular weight is 257 g/mol. The summed E-state index contributed by atoms with van der Waals surface area (Å²) in [6, 6.07) is 10.3. The minimum atomic E-state index is 0.324. The Kier molecular flexibility index (Phi) is 5.34. The molecule has 2 nitrogen and oxygen atoms in total. The molecule has 0 aliphatic carbocycles. The summed E-state index contributed by atoms with van der Waals surface area (Å²) in [5.41, 5.74) is 2.27. The molecule has 0 spiro atoms. The third-order valence-electron chi connectivity index (χ3n) is 3.61. The van der Waals surface area contributed by atoms with Crippen LogP contribution in [0, 0.1) is 0 Å². The van der Waals surface area contributed by atoms with Gasteiger partial charge in [-0.15, -0.1) is 0 Å².